The highest BCUT2D eigenvalue weighted by Crippen LogP contribution is 2.34. The van der Waals surface area contributed by atoms with Crippen LogP contribution in [-0.2, 0) is 6.61 Å². The molecule has 3 aromatic carbocycles. The van der Waals surface area contributed by atoms with Crippen molar-refractivity contribution in [2.75, 3.05) is 19.2 Å². The number of amides is 2. The summed E-state index contributed by atoms with van der Waals surface area (Å²) in [7, 11) is 3.23. The summed E-state index contributed by atoms with van der Waals surface area (Å²) in [5.41, 5.74) is 9.80. The minimum Gasteiger partial charge on any atom is -0.496 e. The molecule has 4 rings (SSSR count). The van der Waals surface area contributed by atoms with E-state index in [1.54, 1.807) is 26.3 Å². The van der Waals surface area contributed by atoms with Crippen molar-refractivity contribution >= 4 is 11.7 Å². The largest absolute Gasteiger partial charge is 0.496 e. The van der Waals surface area contributed by atoms with Crippen LogP contribution in [0.2, 0.25) is 0 Å². The number of nitrogens with one attached hydrogen (secondary N) is 2. The Hall–Kier alpha value is -3.62. The molecule has 1 heterocycles. The third kappa shape index (κ3) is 4.16. The van der Waals surface area contributed by atoms with Crippen LogP contribution in [-0.4, -0.2) is 25.2 Å². The van der Waals surface area contributed by atoms with E-state index in [0.717, 1.165) is 22.3 Å². The molecule has 2 amide bonds. The minimum atomic E-state index is -0.299. The number of ether oxygens (including phenoxy) is 2. The number of benzene rings is 3. The Bertz CT molecular complexity index is 1100. The van der Waals surface area contributed by atoms with Crippen LogP contribution in [0.5, 0.6) is 11.5 Å². The van der Waals surface area contributed by atoms with Gasteiger partial charge in [0, 0.05) is 18.2 Å². The number of hydrogen-bond acceptors (Lipinski definition) is 5. The molecule has 0 saturated carbocycles. The Morgan fingerprint density at radius 2 is 1.81 bits per heavy atom. The number of rotatable bonds is 6. The molecule has 7 nitrogen and oxygen atoms in total. The molecule has 0 radical (unpaired) electrons. The number of urea groups is 1. The van der Waals surface area contributed by atoms with Crippen molar-refractivity contribution in [1.82, 2.24) is 16.1 Å². The minimum absolute atomic E-state index is 0.227. The van der Waals surface area contributed by atoms with Crippen LogP contribution in [0.1, 0.15) is 11.1 Å². The zero-order valence-electron chi connectivity index (χ0n) is 17.5. The lowest BCUT2D eigenvalue weighted by Crippen LogP contribution is -2.38. The maximum absolute atomic E-state index is 13.3. The molecular formula is C23H23FN4O3. The van der Waals surface area contributed by atoms with Gasteiger partial charge in [0.2, 0.25) is 0 Å². The highest BCUT2D eigenvalue weighted by atomic mass is 19.1. The average Bonchev–Trinajstić information content (AvgIpc) is 3.11. The topological polar surface area (TPSA) is 66.1 Å². The third-order valence-corrected chi connectivity index (χ3v) is 5.14. The SMILES string of the molecule is COc1ccc(OCc2c(C)cccc2N2NNN(C)C2=O)cc1-c1ccc(F)cc1. The second-order valence-electron chi connectivity index (χ2n) is 7.13. The Labute approximate surface area is 179 Å². The molecule has 1 aliphatic rings. The molecule has 0 aliphatic carbocycles. The van der Waals surface area contributed by atoms with Gasteiger partial charge in [0.1, 0.15) is 23.9 Å². The molecule has 160 valence electrons. The molecule has 0 bridgehead atoms. The third-order valence-electron chi connectivity index (χ3n) is 5.14. The van der Waals surface area contributed by atoms with E-state index in [1.807, 2.05) is 43.3 Å². The molecule has 0 unspecified atom stereocenters. The van der Waals surface area contributed by atoms with Gasteiger partial charge in [0.15, 0.2) is 0 Å². The maximum Gasteiger partial charge on any atom is 0.355 e. The highest BCUT2D eigenvalue weighted by Gasteiger charge is 2.28. The molecule has 0 atom stereocenters. The standard InChI is InChI=1S/C23H23FN4O3/c1-15-5-4-6-21(28-23(29)27(2)25-26-28)20(15)14-31-18-11-12-22(30-3)19(13-18)16-7-9-17(24)10-8-16/h4-13,25-26H,14H2,1-3H3. The molecule has 0 spiro atoms. The van der Waals surface area contributed by atoms with Crippen molar-refractivity contribution in [2.45, 2.75) is 13.5 Å². The van der Waals surface area contributed by atoms with Gasteiger partial charge in [-0.2, -0.15) is 0 Å². The second kappa shape index (κ2) is 8.63. The molecule has 1 saturated heterocycles. The van der Waals surface area contributed by atoms with Crippen LogP contribution in [0, 0.1) is 12.7 Å². The number of carbonyl (C=O) groups excluding carboxylic acids is 1. The van der Waals surface area contributed by atoms with Gasteiger partial charge >= 0.3 is 6.03 Å². The summed E-state index contributed by atoms with van der Waals surface area (Å²) in [6.07, 6.45) is 0. The molecule has 0 aromatic heterocycles. The van der Waals surface area contributed by atoms with Crippen molar-refractivity contribution in [1.29, 1.82) is 0 Å². The van der Waals surface area contributed by atoms with Gasteiger partial charge in [-0.1, -0.05) is 24.3 Å². The normalized spacial score (nSPS) is 13.6. The monoisotopic (exact) mass is 422 g/mol. The van der Waals surface area contributed by atoms with Crippen molar-refractivity contribution in [3.05, 3.63) is 77.6 Å². The zero-order valence-corrected chi connectivity index (χ0v) is 17.5. The van der Waals surface area contributed by atoms with E-state index in [4.69, 9.17) is 9.47 Å². The zero-order chi connectivity index (χ0) is 22.0. The Morgan fingerprint density at radius 1 is 1.03 bits per heavy atom. The number of hydrazine groups is 3. The number of nitrogens with zero attached hydrogens (tertiary/aromatic N) is 2. The summed E-state index contributed by atoms with van der Waals surface area (Å²) in [5.74, 6) is 0.995. The molecule has 1 aliphatic heterocycles. The van der Waals surface area contributed by atoms with Crippen LogP contribution in [0.25, 0.3) is 11.1 Å². The Kier molecular flexibility index (Phi) is 5.75. The van der Waals surface area contributed by atoms with Crippen LogP contribution in [0.15, 0.2) is 60.7 Å². The van der Waals surface area contributed by atoms with E-state index in [1.165, 1.54) is 22.2 Å². The van der Waals surface area contributed by atoms with Gasteiger partial charge < -0.3 is 9.47 Å². The molecule has 31 heavy (non-hydrogen) atoms. The molecule has 3 aromatic rings. The number of hydrogen-bond donors (Lipinski definition) is 2. The smallest absolute Gasteiger partial charge is 0.355 e. The summed E-state index contributed by atoms with van der Waals surface area (Å²) in [4.78, 5) is 12.4. The van der Waals surface area contributed by atoms with Crippen molar-refractivity contribution in [3.63, 3.8) is 0 Å². The first-order valence-electron chi connectivity index (χ1n) is 9.72. The van der Waals surface area contributed by atoms with Gasteiger partial charge in [-0.25, -0.2) is 19.2 Å². The Morgan fingerprint density at radius 3 is 2.48 bits per heavy atom. The summed E-state index contributed by atoms with van der Waals surface area (Å²) >= 11 is 0. The summed E-state index contributed by atoms with van der Waals surface area (Å²) in [5, 5.41) is 2.79. The summed E-state index contributed by atoms with van der Waals surface area (Å²) in [6.45, 7) is 2.23. The first-order valence-corrected chi connectivity index (χ1v) is 9.72. The van der Waals surface area contributed by atoms with Gasteiger partial charge in [0.25, 0.3) is 0 Å². The van der Waals surface area contributed by atoms with Crippen LogP contribution in [0.3, 0.4) is 0 Å². The van der Waals surface area contributed by atoms with E-state index in [0.29, 0.717) is 17.2 Å². The van der Waals surface area contributed by atoms with Crippen molar-refractivity contribution < 1.29 is 18.7 Å². The van der Waals surface area contributed by atoms with Crippen LogP contribution in [0.4, 0.5) is 14.9 Å². The molecular weight excluding hydrogens is 399 g/mol. The predicted molar refractivity (Wildman–Crippen MR) is 116 cm³/mol. The quantitative estimate of drug-likeness (QED) is 0.624. The average molecular weight is 422 g/mol. The Balaban J connectivity index is 1.61. The van der Waals surface area contributed by atoms with Crippen LogP contribution >= 0.6 is 0 Å². The van der Waals surface area contributed by atoms with Crippen molar-refractivity contribution in [3.8, 4) is 22.6 Å². The van der Waals surface area contributed by atoms with E-state index < -0.39 is 0 Å². The summed E-state index contributed by atoms with van der Waals surface area (Å²) < 4.78 is 24.9. The van der Waals surface area contributed by atoms with Gasteiger partial charge in [0.05, 0.1) is 12.8 Å². The number of anilines is 1. The molecule has 1 fully saturated rings. The molecule has 2 N–H and O–H groups in total. The second-order valence-corrected chi connectivity index (χ2v) is 7.13. The van der Waals surface area contributed by atoms with E-state index in [-0.39, 0.29) is 18.5 Å². The molecule has 8 heteroatoms. The first-order chi connectivity index (χ1) is 15.0. The number of carbonyl (C=O) groups is 1. The number of halogens is 1. The maximum atomic E-state index is 13.3. The lowest BCUT2D eigenvalue weighted by Gasteiger charge is -2.20. The lowest BCUT2D eigenvalue weighted by atomic mass is 10.0. The van der Waals surface area contributed by atoms with E-state index in [9.17, 15) is 9.18 Å². The van der Waals surface area contributed by atoms with Gasteiger partial charge in [-0.15, -0.1) is 11.1 Å². The van der Waals surface area contributed by atoms with Crippen molar-refractivity contribution in [2.24, 2.45) is 0 Å². The fraction of sp³-hybridized carbons (Fsp3) is 0.174. The number of aryl methyl sites for hydroxylation is 1. The fourth-order valence-electron chi connectivity index (χ4n) is 3.41. The van der Waals surface area contributed by atoms with Gasteiger partial charge in [-0.3, -0.25) is 0 Å². The fourth-order valence-corrected chi connectivity index (χ4v) is 3.41. The first kappa shape index (κ1) is 20.6. The van der Waals surface area contributed by atoms with E-state index >= 15 is 0 Å². The highest BCUT2D eigenvalue weighted by molar-refractivity contribution is 5.93. The van der Waals surface area contributed by atoms with Gasteiger partial charge in [-0.05, 0) is 54.4 Å². The number of methoxy groups -OCH3 is 1. The lowest BCUT2D eigenvalue weighted by molar-refractivity contribution is 0.214. The van der Waals surface area contributed by atoms with E-state index in [2.05, 4.69) is 11.1 Å². The summed E-state index contributed by atoms with van der Waals surface area (Å²) in [6, 6.07) is 17.2. The predicted octanol–water partition coefficient (Wildman–Crippen LogP) is 4.18. The van der Waals surface area contributed by atoms with Crippen LogP contribution < -0.4 is 25.6 Å².